The second-order valence-electron chi connectivity index (χ2n) is 4.37. The molecular formula is C16H18ClNO. The fourth-order valence-electron chi connectivity index (χ4n) is 1.97. The van der Waals surface area contributed by atoms with E-state index in [-0.39, 0.29) is 0 Å². The molecule has 0 atom stereocenters. The Bertz CT molecular complexity index is 513. The van der Waals surface area contributed by atoms with Gasteiger partial charge in [-0.25, -0.2) is 0 Å². The van der Waals surface area contributed by atoms with Crippen molar-refractivity contribution >= 4 is 11.6 Å². The molecule has 0 saturated carbocycles. The van der Waals surface area contributed by atoms with Crippen LogP contribution in [-0.4, -0.2) is 6.61 Å². The van der Waals surface area contributed by atoms with Gasteiger partial charge < -0.3 is 10.5 Å². The van der Waals surface area contributed by atoms with Crippen LogP contribution >= 0.6 is 11.6 Å². The predicted molar refractivity (Wildman–Crippen MR) is 79.6 cm³/mol. The molecule has 2 rings (SSSR count). The smallest absolute Gasteiger partial charge is 0.142 e. The van der Waals surface area contributed by atoms with Crippen LogP contribution in [0, 0.1) is 0 Å². The van der Waals surface area contributed by atoms with Gasteiger partial charge in [-0.1, -0.05) is 54.1 Å². The molecule has 0 aromatic heterocycles. The molecule has 3 heteroatoms. The molecule has 100 valence electrons. The molecule has 19 heavy (non-hydrogen) atoms. The second-order valence-corrected chi connectivity index (χ2v) is 4.78. The highest BCUT2D eigenvalue weighted by molar-refractivity contribution is 6.32. The molecule has 0 heterocycles. The van der Waals surface area contributed by atoms with Gasteiger partial charge >= 0.3 is 0 Å². The largest absolute Gasteiger partial charge is 0.492 e. The Morgan fingerprint density at radius 2 is 1.79 bits per heavy atom. The van der Waals surface area contributed by atoms with Gasteiger partial charge in [-0.2, -0.15) is 0 Å². The maximum Gasteiger partial charge on any atom is 0.142 e. The Balaban J connectivity index is 1.86. The third-order valence-electron chi connectivity index (χ3n) is 2.97. The minimum absolute atomic E-state index is 0.439. The van der Waals surface area contributed by atoms with E-state index in [1.165, 1.54) is 5.56 Å². The summed E-state index contributed by atoms with van der Waals surface area (Å²) < 4.78 is 5.77. The number of benzene rings is 2. The van der Waals surface area contributed by atoms with Gasteiger partial charge in [-0.3, -0.25) is 0 Å². The first-order valence-corrected chi connectivity index (χ1v) is 6.83. The van der Waals surface area contributed by atoms with E-state index in [2.05, 4.69) is 24.3 Å². The Labute approximate surface area is 119 Å². The lowest BCUT2D eigenvalue weighted by Gasteiger charge is -2.12. The van der Waals surface area contributed by atoms with E-state index >= 15 is 0 Å². The fraction of sp³-hybridized carbons (Fsp3) is 0.250. The zero-order valence-electron chi connectivity index (χ0n) is 10.8. The lowest BCUT2D eigenvalue weighted by atomic mass is 10.1. The Hall–Kier alpha value is -1.51. The summed E-state index contributed by atoms with van der Waals surface area (Å²) in [5.41, 5.74) is 7.95. The molecule has 2 aromatic rings. The minimum Gasteiger partial charge on any atom is -0.492 e. The molecule has 0 aliphatic heterocycles. The molecule has 0 amide bonds. The van der Waals surface area contributed by atoms with E-state index in [9.17, 15) is 0 Å². The van der Waals surface area contributed by atoms with Crippen molar-refractivity contribution in [3.05, 3.63) is 64.7 Å². The molecule has 0 unspecified atom stereocenters. The number of rotatable bonds is 6. The molecule has 2 N–H and O–H groups in total. The lowest BCUT2D eigenvalue weighted by molar-refractivity contribution is 0.308. The quantitative estimate of drug-likeness (QED) is 0.814. The first-order chi connectivity index (χ1) is 9.31. The van der Waals surface area contributed by atoms with Gasteiger partial charge in [0.25, 0.3) is 0 Å². The number of para-hydroxylation sites is 1. The Morgan fingerprint density at radius 1 is 1.00 bits per heavy atom. The van der Waals surface area contributed by atoms with Crippen molar-refractivity contribution in [3.63, 3.8) is 0 Å². The van der Waals surface area contributed by atoms with Gasteiger partial charge in [0.1, 0.15) is 5.75 Å². The van der Waals surface area contributed by atoms with Crippen LogP contribution in [0.4, 0.5) is 0 Å². The molecule has 2 aromatic carbocycles. The highest BCUT2D eigenvalue weighted by atomic mass is 35.5. The summed E-state index contributed by atoms with van der Waals surface area (Å²) in [6, 6.07) is 16.0. The summed E-state index contributed by atoms with van der Waals surface area (Å²) >= 11 is 6.12. The number of hydrogen-bond donors (Lipinski definition) is 1. The molecule has 0 bridgehead atoms. The molecule has 0 aliphatic rings. The van der Waals surface area contributed by atoms with Gasteiger partial charge in [0.2, 0.25) is 0 Å². The standard InChI is InChI=1S/C16H18ClNO/c17-15-10-4-9-14(12-18)16(15)19-11-5-8-13-6-2-1-3-7-13/h1-4,6-7,9-10H,5,8,11-12,18H2. The summed E-state index contributed by atoms with van der Waals surface area (Å²) in [6.07, 6.45) is 1.96. The highest BCUT2D eigenvalue weighted by Gasteiger charge is 2.06. The molecule has 0 aliphatic carbocycles. The number of aryl methyl sites for hydroxylation is 1. The minimum atomic E-state index is 0.439. The van der Waals surface area contributed by atoms with E-state index < -0.39 is 0 Å². The van der Waals surface area contributed by atoms with Crippen molar-refractivity contribution in [1.82, 2.24) is 0 Å². The summed E-state index contributed by atoms with van der Waals surface area (Å²) in [6.45, 7) is 1.08. The zero-order valence-corrected chi connectivity index (χ0v) is 11.6. The average Bonchev–Trinajstić information content (AvgIpc) is 2.46. The SMILES string of the molecule is NCc1cccc(Cl)c1OCCCc1ccccc1. The van der Waals surface area contributed by atoms with E-state index in [1.807, 2.05) is 24.3 Å². The molecule has 0 fully saturated rings. The van der Waals surface area contributed by atoms with Gasteiger partial charge in [-0.15, -0.1) is 0 Å². The maximum atomic E-state index is 6.12. The van der Waals surface area contributed by atoms with Crippen molar-refractivity contribution < 1.29 is 4.74 Å². The fourth-order valence-corrected chi connectivity index (χ4v) is 2.22. The molecule has 2 nitrogen and oxygen atoms in total. The van der Waals surface area contributed by atoms with Crippen molar-refractivity contribution in [2.75, 3.05) is 6.61 Å². The van der Waals surface area contributed by atoms with Crippen molar-refractivity contribution in [3.8, 4) is 5.75 Å². The maximum absolute atomic E-state index is 6.12. The Morgan fingerprint density at radius 3 is 2.53 bits per heavy atom. The van der Waals surface area contributed by atoms with Crippen LogP contribution < -0.4 is 10.5 Å². The van der Waals surface area contributed by atoms with Crippen LogP contribution in [-0.2, 0) is 13.0 Å². The number of ether oxygens (including phenoxy) is 1. The molecular weight excluding hydrogens is 258 g/mol. The monoisotopic (exact) mass is 275 g/mol. The van der Waals surface area contributed by atoms with Gasteiger partial charge in [0, 0.05) is 12.1 Å². The van der Waals surface area contributed by atoms with E-state index in [0.29, 0.717) is 18.2 Å². The van der Waals surface area contributed by atoms with Crippen LogP contribution in [0.1, 0.15) is 17.5 Å². The van der Waals surface area contributed by atoms with Crippen LogP contribution in [0.15, 0.2) is 48.5 Å². The van der Waals surface area contributed by atoms with Crippen molar-refractivity contribution in [2.24, 2.45) is 5.73 Å². The Kier molecular flexibility index (Phi) is 5.25. The zero-order chi connectivity index (χ0) is 13.5. The number of hydrogen-bond acceptors (Lipinski definition) is 2. The van der Waals surface area contributed by atoms with Crippen molar-refractivity contribution in [2.45, 2.75) is 19.4 Å². The topological polar surface area (TPSA) is 35.2 Å². The van der Waals surface area contributed by atoms with Crippen LogP contribution in [0.2, 0.25) is 5.02 Å². The van der Waals surface area contributed by atoms with Crippen LogP contribution in [0.5, 0.6) is 5.75 Å². The third-order valence-corrected chi connectivity index (χ3v) is 3.27. The third kappa shape index (κ3) is 3.98. The highest BCUT2D eigenvalue weighted by Crippen LogP contribution is 2.28. The molecule has 0 saturated heterocycles. The summed E-state index contributed by atoms with van der Waals surface area (Å²) in [5.74, 6) is 0.722. The van der Waals surface area contributed by atoms with Gasteiger partial charge in [-0.05, 0) is 24.5 Å². The summed E-state index contributed by atoms with van der Waals surface area (Å²) in [5, 5.41) is 0.627. The second kappa shape index (κ2) is 7.17. The van der Waals surface area contributed by atoms with E-state index in [0.717, 1.165) is 24.2 Å². The number of halogens is 1. The molecule has 0 spiro atoms. The average molecular weight is 276 g/mol. The van der Waals surface area contributed by atoms with Gasteiger partial charge in [0.15, 0.2) is 0 Å². The van der Waals surface area contributed by atoms with Crippen molar-refractivity contribution in [1.29, 1.82) is 0 Å². The van der Waals surface area contributed by atoms with E-state index in [1.54, 1.807) is 0 Å². The first kappa shape index (κ1) is 13.9. The summed E-state index contributed by atoms with van der Waals surface area (Å²) in [7, 11) is 0. The molecule has 0 radical (unpaired) electrons. The van der Waals surface area contributed by atoms with E-state index in [4.69, 9.17) is 22.1 Å². The van der Waals surface area contributed by atoms with Crippen LogP contribution in [0.25, 0.3) is 0 Å². The normalized spacial score (nSPS) is 10.4. The number of nitrogens with two attached hydrogens (primary N) is 1. The summed E-state index contributed by atoms with van der Waals surface area (Å²) in [4.78, 5) is 0. The van der Waals surface area contributed by atoms with Gasteiger partial charge in [0.05, 0.1) is 11.6 Å². The predicted octanol–water partition coefficient (Wildman–Crippen LogP) is 3.81. The first-order valence-electron chi connectivity index (χ1n) is 6.45. The lowest BCUT2D eigenvalue weighted by Crippen LogP contribution is -2.05. The van der Waals surface area contributed by atoms with Crippen LogP contribution in [0.3, 0.4) is 0 Å².